The van der Waals surface area contributed by atoms with Crippen LogP contribution in [0.4, 0.5) is 0 Å². The summed E-state index contributed by atoms with van der Waals surface area (Å²) in [5, 5.41) is 16.9. The van der Waals surface area contributed by atoms with Crippen LogP contribution in [0.2, 0.25) is 0 Å². The third kappa shape index (κ3) is 10.4. The van der Waals surface area contributed by atoms with E-state index < -0.39 is 47.9 Å². The second-order valence-corrected chi connectivity index (χ2v) is 8.34. The zero-order valence-electron chi connectivity index (χ0n) is 20.3. The molecule has 0 spiro atoms. The summed E-state index contributed by atoms with van der Waals surface area (Å²) in [6, 6.07) is -4.12. The van der Waals surface area contributed by atoms with Gasteiger partial charge in [0.1, 0.15) is 18.1 Å². The second kappa shape index (κ2) is 14.6. The van der Waals surface area contributed by atoms with Crippen LogP contribution in [0.25, 0.3) is 0 Å². The molecule has 1 aromatic heterocycles. The van der Waals surface area contributed by atoms with Crippen molar-refractivity contribution in [2.24, 2.45) is 28.1 Å². The first-order valence-electron chi connectivity index (χ1n) is 11.4. The molecule has 0 saturated carbocycles. The number of nitrogens with zero attached hydrogens (tertiary/aromatic N) is 2. The number of carbonyl (C=O) groups is 4. The molecule has 1 heterocycles. The van der Waals surface area contributed by atoms with Gasteiger partial charge in [0.05, 0.1) is 12.4 Å². The molecule has 35 heavy (non-hydrogen) atoms. The molecule has 0 aromatic carbocycles. The fourth-order valence-corrected chi connectivity index (χ4v) is 3.12. The number of aromatic nitrogens is 2. The van der Waals surface area contributed by atoms with E-state index >= 15 is 0 Å². The van der Waals surface area contributed by atoms with E-state index in [0.29, 0.717) is 18.5 Å². The standard InChI is InChI=1S/C21H37N9O5/c1-4-11(2)16(20(34)35)30-17(31)12(3)28-19(33)15(6-5-7-26-21(23)24)29-18(32)14(22)8-13-9-25-10-27-13/h9-12,14-16H,4-8,22H2,1-3H3,(H,25,27)(H,28,33)(H,29,32)(H,30,31)(H,34,35)(H4,23,24,26). The molecule has 196 valence electrons. The molecule has 14 heteroatoms. The van der Waals surface area contributed by atoms with Gasteiger partial charge in [-0.1, -0.05) is 20.3 Å². The van der Waals surface area contributed by atoms with E-state index in [0.717, 1.165) is 0 Å². The number of guanidine groups is 1. The smallest absolute Gasteiger partial charge is 0.326 e. The van der Waals surface area contributed by atoms with Crippen LogP contribution in [-0.2, 0) is 25.6 Å². The molecule has 1 aromatic rings. The van der Waals surface area contributed by atoms with Gasteiger partial charge in [-0.3, -0.25) is 19.4 Å². The normalized spacial score (nSPS) is 15.1. The van der Waals surface area contributed by atoms with E-state index in [1.54, 1.807) is 6.92 Å². The maximum atomic E-state index is 12.9. The average molecular weight is 496 g/mol. The van der Waals surface area contributed by atoms with Gasteiger partial charge in [0.2, 0.25) is 17.7 Å². The number of nitrogens with one attached hydrogen (secondary N) is 4. The Morgan fingerprint density at radius 1 is 1.11 bits per heavy atom. The number of H-pyrrole nitrogens is 1. The Bertz CT molecular complexity index is 871. The van der Waals surface area contributed by atoms with E-state index in [4.69, 9.17) is 17.2 Å². The number of aliphatic imine (C=N–C) groups is 1. The molecule has 3 amide bonds. The van der Waals surface area contributed by atoms with E-state index in [-0.39, 0.29) is 31.3 Å². The molecule has 0 bridgehead atoms. The molecule has 0 fully saturated rings. The lowest BCUT2D eigenvalue weighted by Crippen LogP contribution is -2.57. The number of nitrogens with two attached hydrogens (primary N) is 3. The first kappa shape index (κ1) is 29.4. The summed E-state index contributed by atoms with van der Waals surface area (Å²) < 4.78 is 0. The van der Waals surface area contributed by atoms with E-state index in [1.807, 2.05) is 6.92 Å². The van der Waals surface area contributed by atoms with Crippen molar-refractivity contribution in [3.63, 3.8) is 0 Å². The second-order valence-electron chi connectivity index (χ2n) is 8.34. The number of rotatable bonds is 15. The maximum absolute atomic E-state index is 12.9. The molecule has 1 rings (SSSR count). The summed E-state index contributed by atoms with van der Waals surface area (Å²) in [5.74, 6) is -3.43. The van der Waals surface area contributed by atoms with Gasteiger partial charge >= 0.3 is 5.97 Å². The molecular weight excluding hydrogens is 458 g/mol. The van der Waals surface area contributed by atoms with Crippen molar-refractivity contribution in [3.8, 4) is 0 Å². The lowest BCUT2D eigenvalue weighted by atomic mass is 9.99. The summed E-state index contributed by atoms with van der Waals surface area (Å²) in [4.78, 5) is 60.1. The van der Waals surface area contributed by atoms with Gasteiger partial charge < -0.3 is 43.2 Å². The van der Waals surface area contributed by atoms with Crippen molar-refractivity contribution in [1.82, 2.24) is 25.9 Å². The van der Waals surface area contributed by atoms with Crippen LogP contribution in [0.1, 0.15) is 45.7 Å². The van der Waals surface area contributed by atoms with Crippen molar-refractivity contribution in [2.75, 3.05) is 6.54 Å². The molecular formula is C21H37N9O5. The number of aliphatic carboxylic acids is 1. The Morgan fingerprint density at radius 3 is 2.34 bits per heavy atom. The van der Waals surface area contributed by atoms with Gasteiger partial charge in [-0.25, -0.2) is 9.78 Å². The number of aromatic amines is 1. The van der Waals surface area contributed by atoms with Crippen LogP contribution in [0.5, 0.6) is 0 Å². The van der Waals surface area contributed by atoms with Gasteiger partial charge in [0.15, 0.2) is 5.96 Å². The van der Waals surface area contributed by atoms with Crippen molar-refractivity contribution >= 4 is 29.7 Å². The van der Waals surface area contributed by atoms with E-state index in [2.05, 4.69) is 30.9 Å². The lowest BCUT2D eigenvalue weighted by Gasteiger charge is -2.25. The number of imidazole rings is 1. The minimum atomic E-state index is -1.16. The van der Waals surface area contributed by atoms with Crippen molar-refractivity contribution in [3.05, 3.63) is 18.2 Å². The third-order valence-electron chi connectivity index (χ3n) is 5.44. The number of carboxylic acids is 1. The monoisotopic (exact) mass is 495 g/mol. The quantitative estimate of drug-likeness (QED) is 0.0756. The van der Waals surface area contributed by atoms with Crippen LogP contribution >= 0.6 is 0 Å². The van der Waals surface area contributed by atoms with Gasteiger partial charge in [-0.15, -0.1) is 0 Å². The predicted octanol–water partition coefficient (Wildman–Crippen LogP) is -2.06. The summed E-state index contributed by atoms with van der Waals surface area (Å²) in [7, 11) is 0. The van der Waals surface area contributed by atoms with Crippen LogP contribution in [-0.4, -0.2) is 75.4 Å². The highest BCUT2D eigenvalue weighted by Gasteiger charge is 2.30. The maximum Gasteiger partial charge on any atom is 0.326 e. The molecule has 0 aliphatic heterocycles. The summed E-state index contributed by atoms with van der Waals surface area (Å²) in [5.41, 5.74) is 17.2. The number of carbonyl (C=O) groups excluding carboxylic acids is 3. The minimum Gasteiger partial charge on any atom is -0.480 e. The Balaban J connectivity index is 2.83. The Labute approximate surface area is 203 Å². The van der Waals surface area contributed by atoms with Crippen LogP contribution < -0.4 is 33.2 Å². The van der Waals surface area contributed by atoms with Gasteiger partial charge in [-0.2, -0.15) is 0 Å². The number of hydrogen-bond donors (Lipinski definition) is 8. The highest BCUT2D eigenvalue weighted by molar-refractivity contribution is 5.94. The lowest BCUT2D eigenvalue weighted by molar-refractivity contribution is -0.143. The van der Waals surface area contributed by atoms with Crippen molar-refractivity contribution in [2.45, 2.75) is 70.6 Å². The fraction of sp³-hybridized carbons (Fsp3) is 0.619. The number of hydrogen-bond acceptors (Lipinski definition) is 7. The van der Waals surface area contributed by atoms with Crippen LogP contribution in [0.3, 0.4) is 0 Å². The molecule has 11 N–H and O–H groups in total. The van der Waals surface area contributed by atoms with Gasteiger partial charge in [-0.05, 0) is 25.7 Å². The highest BCUT2D eigenvalue weighted by Crippen LogP contribution is 2.08. The van der Waals surface area contributed by atoms with Gasteiger partial charge in [0.25, 0.3) is 0 Å². The Morgan fingerprint density at radius 2 is 1.80 bits per heavy atom. The largest absolute Gasteiger partial charge is 0.480 e. The molecule has 14 nitrogen and oxygen atoms in total. The summed E-state index contributed by atoms with van der Waals surface area (Å²) >= 11 is 0. The number of amides is 3. The zero-order valence-corrected chi connectivity index (χ0v) is 20.3. The number of carboxylic acid groups (broad SMARTS) is 1. The first-order chi connectivity index (χ1) is 16.5. The van der Waals surface area contributed by atoms with Crippen molar-refractivity contribution < 1.29 is 24.3 Å². The zero-order chi connectivity index (χ0) is 26.5. The third-order valence-corrected chi connectivity index (χ3v) is 5.44. The van der Waals surface area contributed by atoms with E-state index in [9.17, 15) is 24.3 Å². The topological polar surface area (TPSA) is 244 Å². The van der Waals surface area contributed by atoms with Gasteiger partial charge in [0, 0.05) is 24.9 Å². The first-order valence-corrected chi connectivity index (χ1v) is 11.4. The minimum absolute atomic E-state index is 0.101. The molecule has 0 aliphatic rings. The highest BCUT2D eigenvalue weighted by atomic mass is 16.4. The van der Waals surface area contributed by atoms with E-state index in [1.165, 1.54) is 19.4 Å². The molecule has 0 saturated heterocycles. The Kier molecular flexibility index (Phi) is 12.2. The molecule has 5 atom stereocenters. The average Bonchev–Trinajstić information content (AvgIpc) is 3.30. The molecule has 0 aliphatic carbocycles. The molecule has 0 radical (unpaired) electrons. The van der Waals surface area contributed by atoms with Crippen molar-refractivity contribution in [1.29, 1.82) is 0 Å². The Hall–Kier alpha value is -3.68. The summed E-state index contributed by atoms with van der Waals surface area (Å²) in [6.45, 7) is 5.17. The SMILES string of the molecule is CCC(C)C(NC(=O)C(C)NC(=O)C(CCCN=C(N)N)NC(=O)C(N)Cc1cnc[nH]1)C(=O)O. The summed E-state index contributed by atoms with van der Waals surface area (Å²) in [6.07, 6.45) is 4.25. The fourth-order valence-electron chi connectivity index (χ4n) is 3.12. The van der Waals surface area contributed by atoms with Crippen LogP contribution in [0.15, 0.2) is 17.5 Å². The van der Waals surface area contributed by atoms with Crippen LogP contribution in [0, 0.1) is 5.92 Å². The predicted molar refractivity (Wildman–Crippen MR) is 129 cm³/mol. The molecule has 5 unspecified atom stereocenters.